The van der Waals surface area contributed by atoms with Crippen molar-refractivity contribution in [2.45, 2.75) is 17.7 Å². The zero-order chi connectivity index (χ0) is 14.9. The topological polar surface area (TPSA) is 96.6 Å². The summed E-state index contributed by atoms with van der Waals surface area (Å²) in [5.41, 5.74) is 5.62. The molecule has 1 saturated heterocycles. The number of hydrogen-bond donors (Lipinski definition) is 1. The minimum atomic E-state index is -3.46. The van der Waals surface area contributed by atoms with Gasteiger partial charge in [-0.3, -0.25) is 4.79 Å². The Morgan fingerprint density at radius 3 is 2.60 bits per heavy atom. The molecule has 9 heteroatoms. The Morgan fingerprint density at radius 2 is 2.05 bits per heavy atom. The summed E-state index contributed by atoms with van der Waals surface area (Å²) in [4.78, 5) is 15.5. The van der Waals surface area contributed by atoms with Crippen LogP contribution in [0, 0.1) is 0 Å². The van der Waals surface area contributed by atoms with E-state index in [1.807, 2.05) is 0 Å². The molecule has 1 fully saturated rings. The van der Waals surface area contributed by atoms with Gasteiger partial charge in [-0.1, -0.05) is 0 Å². The van der Waals surface area contributed by atoms with Crippen LogP contribution in [0.1, 0.15) is 12.8 Å². The van der Waals surface area contributed by atoms with E-state index >= 15 is 0 Å². The number of anilines is 2. The summed E-state index contributed by atoms with van der Waals surface area (Å²) < 4.78 is 27.4. The highest BCUT2D eigenvalue weighted by atomic mass is 32.2. The number of nitrogens with zero attached hydrogens (tertiary/aromatic N) is 3. The molecule has 0 bridgehead atoms. The van der Waals surface area contributed by atoms with Crippen molar-refractivity contribution in [1.29, 1.82) is 0 Å². The van der Waals surface area contributed by atoms with E-state index in [9.17, 15) is 13.2 Å². The molecule has 0 radical (unpaired) electrons. The molecule has 2 rings (SSSR count). The predicted molar refractivity (Wildman–Crippen MR) is 78.7 cm³/mol. The number of nitrogen functional groups attached to an aromatic ring is 1. The van der Waals surface area contributed by atoms with E-state index in [4.69, 9.17) is 5.73 Å². The molecule has 2 heterocycles. The van der Waals surface area contributed by atoms with Crippen LogP contribution in [0.15, 0.2) is 4.90 Å². The lowest BCUT2D eigenvalue weighted by Crippen LogP contribution is -2.37. The number of carbonyl (C=O) groups is 1. The fourth-order valence-corrected chi connectivity index (χ4v) is 4.41. The van der Waals surface area contributed by atoms with Gasteiger partial charge in [0.2, 0.25) is 5.91 Å². The summed E-state index contributed by atoms with van der Waals surface area (Å²) >= 11 is 0.997. The normalized spacial score (nSPS) is 15.6. The minimum absolute atomic E-state index is 0.00331. The van der Waals surface area contributed by atoms with Crippen molar-refractivity contribution in [2.24, 2.45) is 0 Å². The Hall–Kier alpha value is -1.35. The first-order valence-electron chi connectivity index (χ1n) is 6.25. The zero-order valence-electron chi connectivity index (χ0n) is 11.5. The van der Waals surface area contributed by atoms with Crippen LogP contribution in [-0.2, 0) is 14.6 Å². The van der Waals surface area contributed by atoms with Crippen LogP contribution in [0.3, 0.4) is 0 Å². The number of hydrogen-bond acceptors (Lipinski definition) is 7. The Balaban J connectivity index is 2.17. The number of likely N-dealkylation sites (N-methyl/N-ethyl adjacent to an activating group) is 1. The predicted octanol–water partition coefficient (Wildman–Crippen LogP) is 0.187. The highest BCUT2D eigenvalue weighted by Gasteiger charge is 2.26. The third-order valence-electron chi connectivity index (χ3n) is 3.21. The van der Waals surface area contributed by atoms with E-state index in [1.165, 1.54) is 0 Å². The van der Waals surface area contributed by atoms with Crippen LogP contribution >= 0.6 is 11.5 Å². The van der Waals surface area contributed by atoms with Gasteiger partial charge in [-0.25, -0.2) is 8.42 Å². The summed E-state index contributed by atoms with van der Waals surface area (Å²) in [5.74, 6) is -0.00982. The second-order valence-corrected chi connectivity index (χ2v) is 7.62. The van der Waals surface area contributed by atoms with E-state index in [0.29, 0.717) is 5.00 Å². The van der Waals surface area contributed by atoms with Gasteiger partial charge >= 0.3 is 0 Å². The molecule has 0 atom stereocenters. The average Bonchev–Trinajstić information content (AvgIpc) is 2.95. The van der Waals surface area contributed by atoms with Crippen molar-refractivity contribution in [3.05, 3.63) is 0 Å². The molecule has 2 N–H and O–H groups in total. The van der Waals surface area contributed by atoms with Crippen LogP contribution in [0.4, 0.5) is 10.8 Å². The maximum absolute atomic E-state index is 12.1. The largest absolute Gasteiger partial charge is 0.382 e. The summed E-state index contributed by atoms with van der Waals surface area (Å²) in [6.07, 6.45) is 3.14. The second kappa shape index (κ2) is 5.57. The monoisotopic (exact) mass is 318 g/mol. The van der Waals surface area contributed by atoms with Crippen molar-refractivity contribution in [2.75, 3.05) is 43.6 Å². The molecule has 1 amide bonds. The lowest BCUT2D eigenvalue weighted by Gasteiger charge is -2.22. The van der Waals surface area contributed by atoms with Gasteiger partial charge in [-0.05, 0) is 24.4 Å². The van der Waals surface area contributed by atoms with Gasteiger partial charge < -0.3 is 15.5 Å². The molecule has 7 nitrogen and oxygen atoms in total. The van der Waals surface area contributed by atoms with E-state index in [0.717, 1.165) is 43.7 Å². The average molecular weight is 318 g/mol. The first-order valence-corrected chi connectivity index (χ1v) is 8.91. The number of sulfone groups is 1. The van der Waals surface area contributed by atoms with Crippen molar-refractivity contribution in [3.63, 3.8) is 0 Å². The van der Waals surface area contributed by atoms with E-state index < -0.39 is 9.84 Å². The van der Waals surface area contributed by atoms with Crippen molar-refractivity contribution in [1.82, 2.24) is 9.27 Å². The number of likely N-dealkylation sites (tertiary alicyclic amines) is 1. The van der Waals surface area contributed by atoms with Crippen LogP contribution in [-0.4, -0.2) is 56.5 Å². The smallest absolute Gasteiger partial charge is 0.242 e. The van der Waals surface area contributed by atoms with Crippen molar-refractivity contribution < 1.29 is 13.2 Å². The van der Waals surface area contributed by atoms with Gasteiger partial charge in [-0.2, -0.15) is 4.37 Å². The number of carbonyl (C=O) groups excluding carboxylic acids is 1. The van der Waals surface area contributed by atoms with Gasteiger partial charge in [0.05, 0.1) is 6.54 Å². The SMILES string of the molecule is CN(CC(=O)N1CCCC1)c1snc(N)c1S(C)(=O)=O. The molecule has 1 aliphatic rings. The molecule has 112 valence electrons. The number of rotatable bonds is 4. The molecule has 0 spiro atoms. The minimum Gasteiger partial charge on any atom is -0.382 e. The Labute approximate surface area is 122 Å². The number of amides is 1. The fourth-order valence-electron chi connectivity index (χ4n) is 2.22. The van der Waals surface area contributed by atoms with E-state index in [2.05, 4.69) is 4.37 Å². The third kappa shape index (κ3) is 3.04. The molecule has 1 aromatic heterocycles. The van der Waals surface area contributed by atoms with E-state index in [-0.39, 0.29) is 23.2 Å². The lowest BCUT2D eigenvalue weighted by molar-refractivity contribution is -0.128. The first kappa shape index (κ1) is 15.0. The molecule has 0 unspecified atom stereocenters. The van der Waals surface area contributed by atoms with Gasteiger partial charge in [0.25, 0.3) is 0 Å². The Kier molecular flexibility index (Phi) is 4.19. The maximum atomic E-state index is 12.1. The summed E-state index contributed by atoms with van der Waals surface area (Å²) in [6, 6.07) is 0. The highest BCUT2D eigenvalue weighted by Crippen LogP contribution is 2.33. The Bertz CT molecular complexity index is 605. The molecule has 0 aromatic carbocycles. The second-order valence-electron chi connectivity index (χ2n) is 4.92. The Morgan fingerprint density at radius 1 is 1.45 bits per heavy atom. The molecule has 1 aromatic rings. The molecule has 1 aliphatic heterocycles. The molecular weight excluding hydrogens is 300 g/mol. The third-order valence-corrected chi connectivity index (χ3v) is 5.46. The van der Waals surface area contributed by atoms with Crippen LogP contribution in [0.5, 0.6) is 0 Å². The lowest BCUT2D eigenvalue weighted by atomic mass is 10.4. The number of nitrogens with two attached hydrogens (primary N) is 1. The quantitative estimate of drug-likeness (QED) is 0.851. The maximum Gasteiger partial charge on any atom is 0.242 e. The number of aromatic nitrogens is 1. The van der Waals surface area contributed by atoms with Gasteiger partial charge in [0, 0.05) is 26.4 Å². The van der Waals surface area contributed by atoms with Gasteiger partial charge in [-0.15, -0.1) is 0 Å². The molecule has 20 heavy (non-hydrogen) atoms. The molecular formula is C11H18N4O3S2. The van der Waals surface area contributed by atoms with Crippen molar-refractivity contribution in [3.8, 4) is 0 Å². The van der Waals surface area contributed by atoms with E-state index in [1.54, 1.807) is 16.8 Å². The fraction of sp³-hybridized carbons (Fsp3) is 0.636. The summed E-state index contributed by atoms with van der Waals surface area (Å²) in [5, 5.41) is 0.414. The summed E-state index contributed by atoms with van der Waals surface area (Å²) in [6.45, 7) is 1.68. The van der Waals surface area contributed by atoms with Crippen LogP contribution in [0.25, 0.3) is 0 Å². The standard InChI is InChI=1S/C11H18N4O3S2/c1-14(7-8(16)15-5-3-4-6-15)11-9(20(2,17)18)10(12)13-19-11/h3-7H2,1-2H3,(H2,12,13). The highest BCUT2D eigenvalue weighted by molar-refractivity contribution is 7.91. The van der Waals surface area contributed by atoms with Crippen LogP contribution < -0.4 is 10.6 Å². The molecule has 0 saturated carbocycles. The first-order chi connectivity index (χ1) is 9.30. The van der Waals surface area contributed by atoms with Gasteiger partial charge in [0.1, 0.15) is 9.90 Å². The summed E-state index contributed by atoms with van der Waals surface area (Å²) in [7, 11) is -1.79. The zero-order valence-corrected chi connectivity index (χ0v) is 13.1. The van der Waals surface area contributed by atoms with Crippen LogP contribution in [0.2, 0.25) is 0 Å². The van der Waals surface area contributed by atoms with Crippen molar-refractivity contribution >= 4 is 38.1 Å². The van der Waals surface area contributed by atoms with Gasteiger partial charge in [0.15, 0.2) is 15.7 Å². The molecule has 0 aliphatic carbocycles.